The van der Waals surface area contributed by atoms with Crippen molar-refractivity contribution in [3.05, 3.63) is 36.4 Å². The van der Waals surface area contributed by atoms with Crippen molar-refractivity contribution < 1.29 is 9.59 Å². The van der Waals surface area contributed by atoms with E-state index in [2.05, 4.69) is 11.9 Å². The Morgan fingerprint density at radius 2 is 2.14 bits per heavy atom. The molecular formula is C16H21N3O2. The number of carbonyl (C=O) groups is 2. The molecule has 1 unspecified atom stereocenters. The van der Waals surface area contributed by atoms with Gasteiger partial charge in [-0.15, -0.1) is 0 Å². The van der Waals surface area contributed by atoms with Gasteiger partial charge in [0.05, 0.1) is 0 Å². The largest absolute Gasteiger partial charge is 0.345 e. The molecule has 21 heavy (non-hydrogen) atoms. The quantitative estimate of drug-likeness (QED) is 0.923. The van der Waals surface area contributed by atoms with Gasteiger partial charge in [-0.1, -0.05) is 24.8 Å². The van der Waals surface area contributed by atoms with Gasteiger partial charge in [0.2, 0.25) is 5.91 Å². The van der Waals surface area contributed by atoms with Crippen LogP contribution in [0.4, 0.5) is 10.5 Å². The van der Waals surface area contributed by atoms with Crippen LogP contribution in [0.2, 0.25) is 0 Å². The number of hydrogen-bond donors (Lipinski definition) is 1. The fraction of sp³-hybridized carbons (Fsp3) is 0.375. The minimum atomic E-state index is -0.164. The maximum atomic E-state index is 12.1. The molecule has 1 saturated heterocycles. The molecule has 0 aliphatic carbocycles. The number of urea groups is 1. The molecule has 2 rings (SSSR count). The average molecular weight is 287 g/mol. The Morgan fingerprint density at radius 1 is 1.48 bits per heavy atom. The highest BCUT2D eigenvalue weighted by atomic mass is 16.2. The van der Waals surface area contributed by atoms with Crippen LogP contribution in [0.1, 0.15) is 12.0 Å². The lowest BCUT2D eigenvalue weighted by atomic mass is 10.1. The van der Waals surface area contributed by atoms with Crippen molar-refractivity contribution in [3.8, 4) is 0 Å². The van der Waals surface area contributed by atoms with Crippen molar-refractivity contribution >= 4 is 23.7 Å². The zero-order valence-corrected chi connectivity index (χ0v) is 12.5. The predicted octanol–water partition coefficient (Wildman–Crippen LogP) is 2.27. The summed E-state index contributed by atoms with van der Waals surface area (Å²) < 4.78 is 0. The zero-order chi connectivity index (χ0) is 15.4. The fourth-order valence-corrected chi connectivity index (χ4v) is 2.47. The molecule has 0 aromatic heterocycles. The molecule has 5 heteroatoms. The molecular weight excluding hydrogens is 266 g/mol. The van der Waals surface area contributed by atoms with E-state index in [1.807, 2.05) is 24.3 Å². The summed E-state index contributed by atoms with van der Waals surface area (Å²) in [6.07, 6.45) is 2.27. The number of hydrogen-bond acceptors (Lipinski definition) is 2. The first-order valence-electron chi connectivity index (χ1n) is 6.98. The van der Waals surface area contributed by atoms with E-state index in [1.165, 1.54) is 0 Å². The fourth-order valence-electron chi connectivity index (χ4n) is 2.47. The van der Waals surface area contributed by atoms with Gasteiger partial charge in [-0.05, 0) is 17.7 Å². The van der Waals surface area contributed by atoms with Crippen LogP contribution in [0.25, 0.3) is 6.08 Å². The number of carbonyl (C=O) groups excluding carboxylic acids is 2. The van der Waals surface area contributed by atoms with Crippen LogP contribution >= 0.6 is 0 Å². The van der Waals surface area contributed by atoms with Crippen molar-refractivity contribution in [2.75, 3.05) is 32.5 Å². The molecule has 1 fully saturated rings. The lowest BCUT2D eigenvalue weighted by Crippen LogP contribution is -2.35. The van der Waals surface area contributed by atoms with E-state index in [9.17, 15) is 9.59 Å². The van der Waals surface area contributed by atoms with E-state index < -0.39 is 0 Å². The van der Waals surface area contributed by atoms with Crippen LogP contribution in [0.5, 0.6) is 0 Å². The number of benzene rings is 1. The Hall–Kier alpha value is -2.30. The second kappa shape index (κ2) is 6.43. The van der Waals surface area contributed by atoms with Crippen LogP contribution in [-0.2, 0) is 4.79 Å². The summed E-state index contributed by atoms with van der Waals surface area (Å²) in [5, 5.41) is 2.84. The third-order valence-electron chi connectivity index (χ3n) is 3.70. The van der Waals surface area contributed by atoms with Crippen molar-refractivity contribution in [2.24, 2.45) is 5.92 Å². The average Bonchev–Trinajstić information content (AvgIpc) is 2.78. The van der Waals surface area contributed by atoms with Gasteiger partial charge in [0.1, 0.15) is 0 Å². The summed E-state index contributed by atoms with van der Waals surface area (Å²) in [6.45, 7) is 4.98. The summed E-state index contributed by atoms with van der Waals surface area (Å²) in [5.74, 6) is 0.357. The maximum absolute atomic E-state index is 12.1. The summed E-state index contributed by atoms with van der Waals surface area (Å²) in [6, 6.07) is 7.31. The zero-order valence-electron chi connectivity index (χ0n) is 12.5. The maximum Gasteiger partial charge on any atom is 0.321 e. The standard InChI is InChI=1S/C16H21N3O2/c1-4-12-5-7-14(8-6-12)17-16(21)19(3)11-13-9-15(20)18(2)10-13/h4-8,13H,1,9-11H2,2-3H3,(H,17,21). The van der Waals surface area contributed by atoms with Gasteiger partial charge in [0.15, 0.2) is 0 Å². The highest BCUT2D eigenvalue weighted by molar-refractivity contribution is 5.89. The van der Waals surface area contributed by atoms with Crippen LogP contribution in [0, 0.1) is 5.92 Å². The molecule has 112 valence electrons. The highest BCUT2D eigenvalue weighted by Gasteiger charge is 2.28. The van der Waals surface area contributed by atoms with Crippen LogP contribution in [0.3, 0.4) is 0 Å². The molecule has 1 aromatic rings. The molecule has 5 nitrogen and oxygen atoms in total. The molecule has 1 N–H and O–H groups in total. The van der Waals surface area contributed by atoms with Gasteiger partial charge in [-0.2, -0.15) is 0 Å². The number of likely N-dealkylation sites (tertiary alicyclic amines) is 1. The van der Waals surface area contributed by atoms with Crippen LogP contribution in [0.15, 0.2) is 30.8 Å². The van der Waals surface area contributed by atoms with E-state index in [0.29, 0.717) is 19.5 Å². The summed E-state index contributed by atoms with van der Waals surface area (Å²) >= 11 is 0. The highest BCUT2D eigenvalue weighted by Crippen LogP contribution is 2.17. The minimum absolute atomic E-state index is 0.147. The van der Waals surface area contributed by atoms with Gasteiger partial charge in [0.25, 0.3) is 0 Å². The van der Waals surface area contributed by atoms with E-state index >= 15 is 0 Å². The van der Waals surface area contributed by atoms with Gasteiger partial charge in [-0.25, -0.2) is 4.79 Å². The van der Waals surface area contributed by atoms with E-state index in [1.54, 1.807) is 30.0 Å². The van der Waals surface area contributed by atoms with E-state index in [-0.39, 0.29) is 17.9 Å². The normalized spacial score (nSPS) is 17.7. The minimum Gasteiger partial charge on any atom is -0.345 e. The molecule has 3 amide bonds. The molecule has 0 saturated carbocycles. The lowest BCUT2D eigenvalue weighted by molar-refractivity contribution is -0.126. The molecule has 0 bridgehead atoms. The van der Waals surface area contributed by atoms with Gasteiger partial charge < -0.3 is 15.1 Å². The topological polar surface area (TPSA) is 52.7 Å². The summed E-state index contributed by atoms with van der Waals surface area (Å²) in [7, 11) is 3.54. The van der Waals surface area contributed by atoms with Crippen molar-refractivity contribution in [1.82, 2.24) is 9.80 Å². The Labute approximate surface area is 125 Å². The Kier molecular flexibility index (Phi) is 4.62. The first-order chi connectivity index (χ1) is 9.99. The van der Waals surface area contributed by atoms with Crippen molar-refractivity contribution in [3.63, 3.8) is 0 Å². The monoisotopic (exact) mass is 287 g/mol. The van der Waals surface area contributed by atoms with Crippen molar-refractivity contribution in [2.45, 2.75) is 6.42 Å². The second-order valence-corrected chi connectivity index (χ2v) is 5.48. The summed E-state index contributed by atoms with van der Waals surface area (Å²) in [4.78, 5) is 26.9. The molecule has 1 aliphatic heterocycles. The summed E-state index contributed by atoms with van der Waals surface area (Å²) in [5.41, 5.74) is 1.76. The SMILES string of the molecule is C=Cc1ccc(NC(=O)N(C)CC2CC(=O)N(C)C2)cc1. The van der Waals surface area contributed by atoms with Crippen molar-refractivity contribution in [1.29, 1.82) is 0 Å². The molecule has 1 heterocycles. The van der Waals surface area contributed by atoms with Gasteiger partial charge in [-0.3, -0.25) is 4.79 Å². The van der Waals surface area contributed by atoms with Gasteiger partial charge >= 0.3 is 6.03 Å². The van der Waals surface area contributed by atoms with Crippen LogP contribution in [-0.4, -0.2) is 48.9 Å². The van der Waals surface area contributed by atoms with Gasteiger partial charge in [0, 0.05) is 45.2 Å². The number of nitrogens with zero attached hydrogens (tertiary/aromatic N) is 2. The molecule has 1 aliphatic rings. The second-order valence-electron chi connectivity index (χ2n) is 5.48. The predicted molar refractivity (Wildman–Crippen MR) is 83.9 cm³/mol. The number of nitrogens with one attached hydrogen (secondary N) is 1. The molecule has 0 spiro atoms. The molecule has 0 radical (unpaired) electrons. The first kappa shape index (κ1) is 15.1. The third-order valence-corrected chi connectivity index (χ3v) is 3.70. The number of anilines is 1. The molecule has 1 atom stereocenters. The Morgan fingerprint density at radius 3 is 2.67 bits per heavy atom. The number of amides is 3. The first-order valence-corrected chi connectivity index (χ1v) is 6.98. The number of rotatable bonds is 4. The Bertz CT molecular complexity index is 539. The van der Waals surface area contributed by atoms with E-state index in [4.69, 9.17) is 0 Å². The Balaban J connectivity index is 1.87. The lowest BCUT2D eigenvalue weighted by Gasteiger charge is -2.21. The third kappa shape index (κ3) is 3.84. The van der Waals surface area contributed by atoms with Crippen LogP contribution < -0.4 is 5.32 Å². The van der Waals surface area contributed by atoms with E-state index in [0.717, 1.165) is 11.3 Å². The molecule has 1 aromatic carbocycles. The smallest absolute Gasteiger partial charge is 0.321 e.